The van der Waals surface area contributed by atoms with Crippen molar-refractivity contribution in [1.29, 1.82) is 0 Å². The van der Waals surface area contributed by atoms with Gasteiger partial charge in [0, 0.05) is 12.1 Å². The van der Waals surface area contributed by atoms with Crippen LogP contribution in [-0.4, -0.2) is 22.1 Å². The van der Waals surface area contributed by atoms with Gasteiger partial charge >= 0.3 is 5.97 Å². The molecule has 6 nitrogen and oxygen atoms in total. The van der Waals surface area contributed by atoms with Crippen LogP contribution in [0.5, 0.6) is 5.75 Å². The summed E-state index contributed by atoms with van der Waals surface area (Å²) in [5, 5.41) is 20.6. The summed E-state index contributed by atoms with van der Waals surface area (Å²) in [6.07, 6.45) is 13.5. The molecule has 0 aliphatic carbocycles. The van der Waals surface area contributed by atoms with Crippen LogP contribution in [0.25, 0.3) is 0 Å². The summed E-state index contributed by atoms with van der Waals surface area (Å²) in [7, 11) is 0. The minimum atomic E-state index is -0.705. The third kappa shape index (κ3) is 11.7. The van der Waals surface area contributed by atoms with Crippen LogP contribution in [0.15, 0.2) is 24.3 Å². The summed E-state index contributed by atoms with van der Waals surface area (Å²) in [5.74, 6) is -0.276. The van der Waals surface area contributed by atoms with E-state index in [4.69, 9.17) is 4.74 Å². The van der Waals surface area contributed by atoms with Gasteiger partial charge in [-0.2, -0.15) is 0 Å². The van der Waals surface area contributed by atoms with Crippen LogP contribution in [0.3, 0.4) is 0 Å². The Bertz CT molecular complexity index is 559. The number of rotatable bonds is 16. The zero-order valence-corrected chi connectivity index (χ0v) is 17.1. The number of nitro groups is 1. The minimum absolute atomic E-state index is 0.0590. The van der Waals surface area contributed by atoms with Gasteiger partial charge in [0.05, 0.1) is 17.4 Å². The SMILES string of the molecule is CCCCCCCCCCCCCC(O)CC(=O)Oc1ccc([N+](=O)[O-])cc1. The highest BCUT2D eigenvalue weighted by molar-refractivity contribution is 5.72. The van der Waals surface area contributed by atoms with Crippen LogP contribution in [0.1, 0.15) is 90.4 Å². The van der Waals surface area contributed by atoms with Crippen LogP contribution in [0.2, 0.25) is 0 Å². The van der Waals surface area contributed by atoms with E-state index in [0.29, 0.717) is 6.42 Å². The number of aliphatic hydroxyl groups is 1. The van der Waals surface area contributed by atoms with Crippen molar-refractivity contribution in [2.45, 2.75) is 96.5 Å². The zero-order valence-electron chi connectivity index (χ0n) is 17.1. The van der Waals surface area contributed by atoms with E-state index >= 15 is 0 Å². The Morgan fingerprint density at radius 2 is 1.46 bits per heavy atom. The molecular formula is C22H35NO5. The van der Waals surface area contributed by atoms with Gasteiger partial charge in [0.15, 0.2) is 0 Å². The van der Waals surface area contributed by atoms with Crippen LogP contribution in [-0.2, 0) is 4.79 Å². The maximum atomic E-state index is 11.8. The molecule has 0 aliphatic rings. The number of nitrogens with zero attached hydrogens (tertiary/aromatic N) is 1. The molecule has 6 heteroatoms. The van der Waals surface area contributed by atoms with Gasteiger partial charge in [-0.3, -0.25) is 14.9 Å². The zero-order chi connectivity index (χ0) is 20.6. The average molecular weight is 394 g/mol. The third-order valence-electron chi connectivity index (χ3n) is 4.82. The van der Waals surface area contributed by atoms with Crippen LogP contribution in [0, 0.1) is 10.1 Å². The van der Waals surface area contributed by atoms with Crippen molar-refractivity contribution in [2.75, 3.05) is 0 Å². The van der Waals surface area contributed by atoms with Crippen molar-refractivity contribution < 1.29 is 19.6 Å². The molecule has 1 aromatic rings. The van der Waals surface area contributed by atoms with Gasteiger partial charge in [0.1, 0.15) is 5.75 Å². The molecule has 1 N–H and O–H groups in total. The molecule has 28 heavy (non-hydrogen) atoms. The van der Waals surface area contributed by atoms with Crippen LogP contribution < -0.4 is 4.74 Å². The quantitative estimate of drug-likeness (QED) is 0.123. The van der Waals surface area contributed by atoms with E-state index in [2.05, 4.69) is 6.92 Å². The molecule has 0 saturated carbocycles. The lowest BCUT2D eigenvalue weighted by molar-refractivity contribution is -0.384. The number of esters is 1. The summed E-state index contributed by atoms with van der Waals surface area (Å²) in [6.45, 7) is 2.23. The lowest BCUT2D eigenvalue weighted by Crippen LogP contribution is -2.17. The Morgan fingerprint density at radius 3 is 1.96 bits per heavy atom. The Balaban J connectivity index is 2.03. The number of hydrogen-bond acceptors (Lipinski definition) is 5. The van der Waals surface area contributed by atoms with E-state index in [1.807, 2.05) is 0 Å². The molecule has 0 bridgehead atoms. The molecule has 0 aliphatic heterocycles. The molecule has 158 valence electrons. The summed E-state index contributed by atoms with van der Waals surface area (Å²) in [5.41, 5.74) is -0.0590. The highest BCUT2D eigenvalue weighted by Gasteiger charge is 2.13. The highest BCUT2D eigenvalue weighted by Crippen LogP contribution is 2.18. The van der Waals surface area contributed by atoms with Gasteiger partial charge in [0.2, 0.25) is 0 Å². The highest BCUT2D eigenvalue weighted by atomic mass is 16.6. The number of non-ortho nitro benzene ring substituents is 1. The van der Waals surface area contributed by atoms with E-state index in [-0.39, 0.29) is 17.9 Å². The number of nitro benzene ring substituents is 1. The van der Waals surface area contributed by atoms with Crippen molar-refractivity contribution in [3.05, 3.63) is 34.4 Å². The fourth-order valence-electron chi connectivity index (χ4n) is 3.15. The topological polar surface area (TPSA) is 89.7 Å². The molecule has 1 unspecified atom stereocenters. The number of aliphatic hydroxyl groups excluding tert-OH is 1. The summed E-state index contributed by atoms with van der Waals surface area (Å²) < 4.78 is 5.11. The van der Waals surface area contributed by atoms with Gasteiger partial charge in [-0.1, -0.05) is 77.6 Å². The van der Waals surface area contributed by atoms with E-state index in [1.165, 1.54) is 82.1 Å². The number of unbranched alkanes of at least 4 members (excludes halogenated alkanes) is 10. The van der Waals surface area contributed by atoms with Gasteiger partial charge in [-0.05, 0) is 18.6 Å². The standard InChI is InChI=1S/C22H35NO5/c1-2-3-4-5-6-7-8-9-10-11-12-13-20(24)18-22(25)28-21-16-14-19(15-17-21)23(26)27/h14-17,20,24H,2-13,18H2,1H3. The first-order chi connectivity index (χ1) is 13.5. The number of hydrogen-bond donors (Lipinski definition) is 1. The predicted molar refractivity (Wildman–Crippen MR) is 110 cm³/mol. The van der Waals surface area contributed by atoms with Crippen molar-refractivity contribution in [3.63, 3.8) is 0 Å². The molecule has 0 spiro atoms. The first-order valence-electron chi connectivity index (χ1n) is 10.7. The molecule has 0 amide bonds. The Kier molecular flexibility index (Phi) is 12.9. The van der Waals surface area contributed by atoms with E-state index in [0.717, 1.165) is 12.8 Å². The Hall–Kier alpha value is -1.95. The number of benzene rings is 1. The molecule has 0 saturated heterocycles. The summed E-state index contributed by atoms with van der Waals surface area (Å²) >= 11 is 0. The lowest BCUT2D eigenvalue weighted by Gasteiger charge is -2.10. The summed E-state index contributed by atoms with van der Waals surface area (Å²) in [6, 6.07) is 5.33. The second-order valence-electron chi connectivity index (χ2n) is 7.41. The smallest absolute Gasteiger partial charge is 0.313 e. The normalized spacial score (nSPS) is 11.9. The molecule has 0 fully saturated rings. The van der Waals surface area contributed by atoms with E-state index in [1.54, 1.807) is 0 Å². The van der Waals surface area contributed by atoms with Crippen molar-refractivity contribution in [1.82, 2.24) is 0 Å². The Labute approximate surface area is 168 Å². The van der Waals surface area contributed by atoms with Gasteiger partial charge < -0.3 is 9.84 Å². The molecular weight excluding hydrogens is 358 g/mol. The second kappa shape index (κ2) is 15.0. The lowest BCUT2D eigenvalue weighted by atomic mass is 10.0. The minimum Gasteiger partial charge on any atom is -0.426 e. The monoisotopic (exact) mass is 393 g/mol. The van der Waals surface area contributed by atoms with Crippen molar-refractivity contribution in [3.8, 4) is 5.75 Å². The van der Waals surface area contributed by atoms with Crippen molar-refractivity contribution >= 4 is 11.7 Å². The van der Waals surface area contributed by atoms with E-state index < -0.39 is 17.0 Å². The second-order valence-corrected chi connectivity index (χ2v) is 7.41. The number of ether oxygens (including phenoxy) is 1. The molecule has 1 rings (SSSR count). The van der Waals surface area contributed by atoms with Gasteiger partial charge in [-0.25, -0.2) is 0 Å². The molecule has 0 aromatic heterocycles. The fraction of sp³-hybridized carbons (Fsp3) is 0.682. The first kappa shape index (κ1) is 24.1. The maximum absolute atomic E-state index is 11.8. The first-order valence-corrected chi connectivity index (χ1v) is 10.7. The number of carbonyl (C=O) groups is 1. The molecule has 1 aromatic carbocycles. The maximum Gasteiger partial charge on any atom is 0.313 e. The number of carbonyl (C=O) groups excluding carboxylic acids is 1. The van der Waals surface area contributed by atoms with Gasteiger partial charge in [0.25, 0.3) is 5.69 Å². The predicted octanol–water partition coefficient (Wildman–Crippen LogP) is 5.95. The van der Waals surface area contributed by atoms with Gasteiger partial charge in [-0.15, -0.1) is 0 Å². The fourth-order valence-corrected chi connectivity index (χ4v) is 3.15. The third-order valence-corrected chi connectivity index (χ3v) is 4.82. The van der Waals surface area contributed by atoms with Crippen LogP contribution in [0.4, 0.5) is 5.69 Å². The largest absolute Gasteiger partial charge is 0.426 e. The molecule has 1 atom stereocenters. The van der Waals surface area contributed by atoms with E-state index in [9.17, 15) is 20.0 Å². The summed E-state index contributed by atoms with van der Waals surface area (Å²) in [4.78, 5) is 21.9. The molecule has 0 radical (unpaired) electrons. The Morgan fingerprint density at radius 1 is 0.964 bits per heavy atom. The average Bonchev–Trinajstić information content (AvgIpc) is 2.66. The molecule has 0 heterocycles. The van der Waals surface area contributed by atoms with Crippen molar-refractivity contribution in [2.24, 2.45) is 0 Å². The van der Waals surface area contributed by atoms with Crippen LogP contribution >= 0.6 is 0 Å².